The van der Waals surface area contributed by atoms with Crippen LogP contribution in [-0.4, -0.2) is 20.9 Å². The highest BCUT2D eigenvalue weighted by molar-refractivity contribution is 6.04. The minimum atomic E-state index is -0.211. The fourth-order valence-corrected chi connectivity index (χ4v) is 2.18. The lowest BCUT2D eigenvalue weighted by Crippen LogP contribution is -2.12. The topological polar surface area (TPSA) is 79.8 Å². The smallest absolute Gasteiger partial charge is 0.257 e. The molecular formula is C19H17N5O. The van der Waals surface area contributed by atoms with Gasteiger partial charge in [0.15, 0.2) is 0 Å². The van der Waals surface area contributed by atoms with Gasteiger partial charge < -0.3 is 10.6 Å². The number of carbonyl (C=O) groups excluding carboxylic acids is 1. The number of nitrogens with one attached hydrogen (secondary N) is 2. The van der Waals surface area contributed by atoms with Crippen LogP contribution in [0.25, 0.3) is 5.70 Å². The first kappa shape index (κ1) is 16.3. The number of anilines is 2. The van der Waals surface area contributed by atoms with E-state index in [1.807, 2.05) is 31.2 Å². The van der Waals surface area contributed by atoms with Crippen molar-refractivity contribution in [1.29, 1.82) is 0 Å². The van der Waals surface area contributed by atoms with Crippen LogP contribution < -0.4 is 10.6 Å². The Labute approximate surface area is 145 Å². The van der Waals surface area contributed by atoms with Crippen molar-refractivity contribution in [2.75, 3.05) is 10.6 Å². The molecule has 6 heteroatoms. The van der Waals surface area contributed by atoms with Crippen molar-refractivity contribution in [1.82, 2.24) is 15.0 Å². The predicted octanol–water partition coefficient (Wildman–Crippen LogP) is 3.52. The average Bonchev–Trinajstić information content (AvgIpc) is 2.63. The van der Waals surface area contributed by atoms with Gasteiger partial charge in [-0.15, -0.1) is 0 Å². The van der Waals surface area contributed by atoms with Gasteiger partial charge in [0.05, 0.1) is 11.8 Å². The summed E-state index contributed by atoms with van der Waals surface area (Å²) in [4.78, 5) is 24.6. The van der Waals surface area contributed by atoms with Gasteiger partial charge in [0.25, 0.3) is 5.91 Å². The zero-order valence-electron chi connectivity index (χ0n) is 13.7. The number of hydrogen-bond acceptors (Lipinski definition) is 5. The van der Waals surface area contributed by atoms with Gasteiger partial charge in [-0.3, -0.25) is 14.8 Å². The second-order valence-corrected chi connectivity index (χ2v) is 5.42. The number of aryl methyl sites for hydroxylation is 1. The number of hydrogen-bond donors (Lipinski definition) is 2. The van der Waals surface area contributed by atoms with E-state index in [0.717, 1.165) is 11.3 Å². The molecule has 6 nitrogen and oxygen atoms in total. The third-order valence-electron chi connectivity index (χ3n) is 3.48. The lowest BCUT2D eigenvalue weighted by Gasteiger charge is -2.11. The summed E-state index contributed by atoms with van der Waals surface area (Å²) < 4.78 is 0. The van der Waals surface area contributed by atoms with Crippen molar-refractivity contribution < 1.29 is 4.79 Å². The van der Waals surface area contributed by atoms with Gasteiger partial charge in [0, 0.05) is 35.7 Å². The van der Waals surface area contributed by atoms with Crippen molar-refractivity contribution in [2.45, 2.75) is 6.92 Å². The highest BCUT2D eigenvalue weighted by Crippen LogP contribution is 2.19. The van der Waals surface area contributed by atoms with E-state index in [-0.39, 0.29) is 5.91 Å². The minimum Gasteiger partial charge on any atom is -0.339 e. The molecule has 0 atom stereocenters. The van der Waals surface area contributed by atoms with Gasteiger partial charge in [0.1, 0.15) is 5.82 Å². The molecular weight excluding hydrogens is 314 g/mol. The van der Waals surface area contributed by atoms with E-state index in [9.17, 15) is 4.79 Å². The lowest BCUT2D eigenvalue weighted by atomic mass is 10.1. The Bertz CT molecular complexity index is 891. The molecule has 1 aromatic carbocycles. The van der Waals surface area contributed by atoms with E-state index in [1.54, 1.807) is 36.9 Å². The molecule has 0 spiro atoms. The Morgan fingerprint density at radius 2 is 1.88 bits per heavy atom. The van der Waals surface area contributed by atoms with E-state index < -0.39 is 0 Å². The lowest BCUT2D eigenvalue weighted by molar-refractivity contribution is 0.102. The second kappa shape index (κ2) is 7.35. The fourth-order valence-electron chi connectivity index (χ4n) is 2.18. The molecule has 3 aromatic rings. The molecule has 2 N–H and O–H groups in total. The molecule has 3 rings (SSSR count). The summed E-state index contributed by atoms with van der Waals surface area (Å²) in [7, 11) is 0. The minimum absolute atomic E-state index is 0.211. The highest BCUT2D eigenvalue weighted by atomic mass is 16.1. The predicted molar refractivity (Wildman–Crippen MR) is 98.1 cm³/mol. The van der Waals surface area contributed by atoms with Crippen molar-refractivity contribution in [3.05, 3.63) is 84.6 Å². The summed E-state index contributed by atoms with van der Waals surface area (Å²) in [5.41, 5.74) is 3.54. The number of aromatic nitrogens is 3. The summed E-state index contributed by atoms with van der Waals surface area (Å²) in [6, 6.07) is 11.0. The van der Waals surface area contributed by atoms with Crippen molar-refractivity contribution in [3.63, 3.8) is 0 Å². The number of carbonyl (C=O) groups is 1. The van der Waals surface area contributed by atoms with Crippen LogP contribution in [0.1, 0.15) is 21.6 Å². The molecule has 0 fully saturated rings. The van der Waals surface area contributed by atoms with Crippen LogP contribution in [0.15, 0.2) is 67.8 Å². The highest BCUT2D eigenvalue weighted by Gasteiger charge is 2.08. The molecule has 25 heavy (non-hydrogen) atoms. The fraction of sp³-hybridized carbons (Fsp3) is 0.0526. The van der Waals surface area contributed by atoms with Crippen molar-refractivity contribution in [2.24, 2.45) is 0 Å². The first-order valence-corrected chi connectivity index (χ1v) is 7.68. The second-order valence-electron chi connectivity index (χ2n) is 5.42. The van der Waals surface area contributed by atoms with Gasteiger partial charge in [-0.1, -0.05) is 18.7 Å². The quantitative estimate of drug-likeness (QED) is 0.748. The van der Waals surface area contributed by atoms with Gasteiger partial charge in [-0.25, -0.2) is 4.98 Å². The summed E-state index contributed by atoms with van der Waals surface area (Å²) >= 11 is 0. The Kier molecular flexibility index (Phi) is 4.80. The maximum absolute atomic E-state index is 12.3. The van der Waals surface area contributed by atoms with Crippen LogP contribution in [0, 0.1) is 6.92 Å². The molecule has 0 aliphatic carbocycles. The Balaban J connectivity index is 1.71. The monoisotopic (exact) mass is 331 g/mol. The Morgan fingerprint density at radius 3 is 2.60 bits per heavy atom. The van der Waals surface area contributed by atoms with Crippen LogP contribution in [0.5, 0.6) is 0 Å². The summed E-state index contributed by atoms with van der Waals surface area (Å²) in [6.45, 7) is 5.88. The van der Waals surface area contributed by atoms with E-state index >= 15 is 0 Å². The van der Waals surface area contributed by atoms with E-state index in [0.29, 0.717) is 22.8 Å². The maximum atomic E-state index is 12.3. The molecule has 2 aromatic heterocycles. The molecule has 124 valence electrons. The molecule has 0 aliphatic rings. The number of pyridine rings is 1. The van der Waals surface area contributed by atoms with Crippen LogP contribution in [0.2, 0.25) is 0 Å². The average molecular weight is 331 g/mol. The summed E-state index contributed by atoms with van der Waals surface area (Å²) in [5, 5.41) is 5.95. The van der Waals surface area contributed by atoms with E-state index in [1.165, 1.54) is 0 Å². The van der Waals surface area contributed by atoms with Crippen LogP contribution in [0.3, 0.4) is 0 Å². The summed E-state index contributed by atoms with van der Waals surface area (Å²) in [6.07, 6.45) is 6.37. The van der Waals surface area contributed by atoms with Gasteiger partial charge in [-0.05, 0) is 36.8 Å². The van der Waals surface area contributed by atoms with Gasteiger partial charge >= 0.3 is 0 Å². The first-order valence-electron chi connectivity index (χ1n) is 7.68. The summed E-state index contributed by atoms with van der Waals surface area (Å²) in [5.74, 6) is 0.393. The Morgan fingerprint density at radius 1 is 1.00 bits per heavy atom. The van der Waals surface area contributed by atoms with E-state index in [2.05, 4.69) is 32.2 Å². The molecule has 0 unspecified atom stereocenters. The first-order chi connectivity index (χ1) is 12.1. The Hall–Kier alpha value is -3.54. The molecule has 2 heterocycles. The van der Waals surface area contributed by atoms with Crippen LogP contribution in [0.4, 0.5) is 11.5 Å². The number of benzene rings is 1. The van der Waals surface area contributed by atoms with E-state index in [4.69, 9.17) is 0 Å². The zero-order valence-corrected chi connectivity index (χ0v) is 13.7. The van der Waals surface area contributed by atoms with Gasteiger partial charge in [-0.2, -0.15) is 0 Å². The van der Waals surface area contributed by atoms with Gasteiger partial charge in [0.2, 0.25) is 0 Å². The normalized spacial score (nSPS) is 10.1. The molecule has 1 amide bonds. The molecule has 0 saturated heterocycles. The standard InChI is InChI=1S/C19H17N5O/c1-13-6-7-16(11-22-13)19(25)24-17-5-3-4-15(10-17)14(2)23-18-12-20-8-9-21-18/h3-12H,2H2,1H3,(H,21,23)(H,24,25). The SMILES string of the molecule is C=C(Nc1cnccn1)c1cccc(NC(=O)c2ccc(C)nc2)c1. The molecule has 0 aliphatic heterocycles. The number of amides is 1. The maximum Gasteiger partial charge on any atom is 0.257 e. The molecule has 0 saturated carbocycles. The third-order valence-corrected chi connectivity index (χ3v) is 3.48. The van der Waals surface area contributed by atoms with Crippen molar-refractivity contribution >= 4 is 23.1 Å². The van der Waals surface area contributed by atoms with Crippen molar-refractivity contribution in [3.8, 4) is 0 Å². The number of rotatable bonds is 5. The third kappa shape index (κ3) is 4.26. The largest absolute Gasteiger partial charge is 0.339 e. The molecule has 0 radical (unpaired) electrons. The van der Waals surface area contributed by atoms with Crippen LogP contribution >= 0.6 is 0 Å². The zero-order chi connectivity index (χ0) is 17.6. The number of nitrogens with zero attached hydrogens (tertiary/aromatic N) is 3. The van der Waals surface area contributed by atoms with Crippen LogP contribution in [-0.2, 0) is 0 Å². The molecule has 0 bridgehead atoms.